The lowest BCUT2D eigenvalue weighted by Crippen LogP contribution is -2.44. The highest BCUT2D eigenvalue weighted by molar-refractivity contribution is 7.10. The number of nitrogens with one attached hydrogen (secondary N) is 2. The summed E-state index contributed by atoms with van der Waals surface area (Å²) < 4.78 is 10.5. The largest absolute Gasteiger partial charge is 0.497 e. The maximum absolute atomic E-state index is 12.0. The molecule has 0 bridgehead atoms. The van der Waals surface area contributed by atoms with E-state index in [-0.39, 0.29) is 11.9 Å². The van der Waals surface area contributed by atoms with E-state index in [4.69, 9.17) is 9.47 Å². The van der Waals surface area contributed by atoms with E-state index in [0.29, 0.717) is 19.6 Å². The zero-order valence-corrected chi connectivity index (χ0v) is 14.5. The van der Waals surface area contributed by atoms with Crippen LogP contribution < -0.4 is 15.4 Å². The Kier molecular flexibility index (Phi) is 5.85. The van der Waals surface area contributed by atoms with E-state index in [1.807, 2.05) is 24.3 Å². The second kappa shape index (κ2) is 8.28. The zero-order valence-electron chi connectivity index (χ0n) is 13.7. The van der Waals surface area contributed by atoms with Gasteiger partial charge in [-0.2, -0.15) is 0 Å². The van der Waals surface area contributed by atoms with Gasteiger partial charge in [0.2, 0.25) is 5.91 Å². The van der Waals surface area contributed by atoms with Gasteiger partial charge in [-0.1, -0.05) is 12.1 Å². The van der Waals surface area contributed by atoms with Crippen molar-refractivity contribution in [2.45, 2.75) is 19.0 Å². The molecule has 1 aromatic carbocycles. The lowest BCUT2D eigenvalue weighted by atomic mass is 10.1. The second-order valence-electron chi connectivity index (χ2n) is 5.74. The molecule has 1 aliphatic heterocycles. The quantitative estimate of drug-likeness (QED) is 0.843. The van der Waals surface area contributed by atoms with Crippen LogP contribution in [-0.4, -0.2) is 38.8 Å². The third-order valence-corrected chi connectivity index (χ3v) is 4.90. The van der Waals surface area contributed by atoms with Crippen LogP contribution in [0.25, 0.3) is 11.1 Å². The van der Waals surface area contributed by atoms with Gasteiger partial charge in [0.1, 0.15) is 5.75 Å². The predicted octanol–water partition coefficient (Wildman–Crippen LogP) is 2.42. The lowest BCUT2D eigenvalue weighted by Gasteiger charge is -2.23. The van der Waals surface area contributed by atoms with Gasteiger partial charge in [0.15, 0.2) is 0 Å². The summed E-state index contributed by atoms with van der Waals surface area (Å²) in [6, 6.07) is 10.2. The molecule has 0 radical (unpaired) electrons. The second-order valence-corrected chi connectivity index (χ2v) is 6.73. The minimum atomic E-state index is 0.0531. The Morgan fingerprint density at radius 1 is 1.38 bits per heavy atom. The summed E-state index contributed by atoms with van der Waals surface area (Å²) in [5.74, 6) is 0.902. The fourth-order valence-corrected chi connectivity index (χ4v) is 3.47. The third-order valence-electron chi connectivity index (χ3n) is 3.97. The molecular formula is C18H22N2O3S. The highest BCUT2D eigenvalue weighted by Crippen LogP contribution is 2.27. The molecule has 24 heavy (non-hydrogen) atoms. The number of amides is 1. The molecule has 0 saturated carbocycles. The predicted molar refractivity (Wildman–Crippen MR) is 95.4 cm³/mol. The fourth-order valence-electron chi connectivity index (χ4n) is 2.64. The number of ether oxygens (including phenoxy) is 2. The molecule has 1 aliphatic rings. The SMILES string of the molecule is COc1ccc(-c2csc(CNC(=O)CC3COCCN3)c2)cc1. The van der Waals surface area contributed by atoms with E-state index in [1.54, 1.807) is 18.4 Å². The third kappa shape index (κ3) is 4.56. The Morgan fingerprint density at radius 3 is 2.92 bits per heavy atom. The average molecular weight is 346 g/mol. The first-order chi connectivity index (χ1) is 11.7. The number of rotatable bonds is 6. The van der Waals surface area contributed by atoms with Gasteiger partial charge in [0.25, 0.3) is 0 Å². The topological polar surface area (TPSA) is 59.6 Å². The molecule has 128 valence electrons. The molecule has 2 heterocycles. The van der Waals surface area contributed by atoms with Gasteiger partial charge in [0, 0.05) is 23.9 Å². The molecular weight excluding hydrogens is 324 g/mol. The van der Waals surface area contributed by atoms with Gasteiger partial charge in [-0.3, -0.25) is 4.79 Å². The number of hydrogen-bond acceptors (Lipinski definition) is 5. The highest BCUT2D eigenvalue weighted by atomic mass is 32.1. The minimum Gasteiger partial charge on any atom is -0.497 e. The molecule has 1 fully saturated rings. The van der Waals surface area contributed by atoms with Crippen LogP contribution in [-0.2, 0) is 16.1 Å². The molecule has 1 unspecified atom stereocenters. The minimum absolute atomic E-state index is 0.0531. The molecule has 3 rings (SSSR count). The van der Waals surface area contributed by atoms with E-state index in [9.17, 15) is 4.79 Å². The van der Waals surface area contributed by atoms with Crippen LogP contribution in [0.15, 0.2) is 35.7 Å². The van der Waals surface area contributed by atoms with Crippen molar-refractivity contribution in [1.29, 1.82) is 0 Å². The summed E-state index contributed by atoms with van der Waals surface area (Å²) in [5.41, 5.74) is 2.31. The van der Waals surface area contributed by atoms with Gasteiger partial charge in [-0.25, -0.2) is 0 Å². The highest BCUT2D eigenvalue weighted by Gasteiger charge is 2.16. The van der Waals surface area contributed by atoms with Gasteiger partial charge >= 0.3 is 0 Å². The van der Waals surface area contributed by atoms with Crippen molar-refractivity contribution in [1.82, 2.24) is 10.6 Å². The monoisotopic (exact) mass is 346 g/mol. The van der Waals surface area contributed by atoms with Gasteiger partial charge in [-0.05, 0) is 34.7 Å². The average Bonchev–Trinajstić information content (AvgIpc) is 3.10. The Balaban J connectivity index is 1.50. The van der Waals surface area contributed by atoms with Crippen molar-refractivity contribution in [3.05, 3.63) is 40.6 Å². The molecule has 2 aromatic rings. The van der Waals surface area contributed by atoms with Gasteiger partial charge in [0.05, 0.1) is 26.9 Å². The summed E-state index contributed by atoms with van der Waals surface area (Å²) in [7, 11) is 1.66. The van der Waals surface area contributed by atoms with Crippen LogP contribution in [0.1, 0.15) is 11.3 Å². The summed E-state index contributed by atoms with van der Waals surface area (Å²) in [4.78, 5) is 13.2. The molecule has 1 amide bonds. The summed E-state index contributed by atoms with van der Waals surface area (Å²) in [5, 5.41) is 8.39. The standard InChI is InChI=1S/C18H22N2O3S/c1-22-16-4-2-13(3-5-16)14-8-17(24-12-14)10-20-18(21)9-15-11-23-7-6-19-15/h2-5,8,12,15,19H,6-7,9-11H2,1H3,(H,20,21). The molecule has 1 saturated heterocycles. The van der Waals surface area contributed by atoms with Crippen molar-refractivity contribution in [2.24, 2.45) is 0 Å². The Morgan fingerprint density at radius 2 is 2.21 bits per heavy atom. The molecule has 0 spiro atoms. The smallest absolute Gasteiger partial charge is 0.221 e. The zero-order chi connectivity index (χ0) is 16.8. The van der Waals surface area contributed by atoms with Crippen LogP contribution in [0.2, 0.25) is 0 Å². The summed E-state index contributed by atoms with van der Waals surface area (Å²) in [6.07, 6.45) is 0.455. The number of benzene rings is 1. The van der Waals surface area contributed by atoms with E-state index in [0.717, 1.165) is 34.9 Å². The van der Waals surface area contributed by atoms with Crippen LogP contribution in [0.3, 0.4) is 0 Å². The maximum Gasteiger partial charge on any atom is 0.221 e. The van der Waals surface area contributed by atoms with E-state index in [2.05, 4.69) is 22.1 Å². The number of methoxy groups -OCH3 is 1. The van der Waals surface area contributed by atoms with Crippen LogP contribution >= 0.6 is 11.3 Å². The number of morpholine rings is 1. The Hall–Kier alpha value is -1.89. The van der Waals surface area contributed by atoms with E-state index < -0.39 is 0 Å². The Labute approximate surface area is 146 Å². The van der Waals surface area contributed by atoms with E-state index in [1.165, 1.54) is 0 Å². The normalized spacial score (nSPS) is 17.5. The molecule has 6 heteroatoms. The number of thiophene rings is 1. The summed E-state index contributed by atoms with van der Waals surface area (Å²) >= 11 is 1.66. The molecule has 1 aromatic heterocycles. The fraction of sp³-hybridized carbons (Fsp3) is 0.389. The molecule has 1 atom stereocenters. The summed E-state index contributed by atoms with van der Waals surface area (Å²) in [6.45, 7) is 2.71. The first-order valence-electron chi connectivity index (χ1n) is 8.04. The van der Waals surface area contributed by atoms with Gasteiger partial charge in [-0.15, -0.1) is 11.3 Å². The number of carbonyl (C=O) groups is 1. The van der Waals surface area contributed by atoms with Crippen LogP contribution in [0, 0.1) is 0 Å². The van der Waals surface area contributed by atoms with Crippen molar-refractivity contribution in [3.8, 4) is 16.9 Å². The first kappa shape index (κ1) is 17.0. The lowest BCUT2D eigenvalue weighted by molar-refractivity contribution is -0.122. The van der Waals surface area contributed by atoms with Crippen molar-refractivity contribution in [2.75, 3.05) is 26.9 Å². The van der Waals surface area contributed by atoms with Crippen molar-refractivity contribution >= 4 is 17.2 Å². The molecule has 0 aliphatic carbocycles. The van der Waals surface area contributed by atoms with Crippen LogP contribution in [0.5, 0.6) is 5.75 Å². The Bertz CT molecular complexity index is 663. The maximum atomic E-state index is 12.0. The molecule has 2 N–H and O–H groups in total. The molecule has 5 nitrogen and oxygen atoms in total. The van der Waals surface area contributed by atoms with Gasteiger partial charge < -0.3 is 20.1 Å². The van der Waals surface area contributed by atoms with Crippen molar-refractivity contribution in [3.63, 3.8) is 0 Å². The van der Waals surface area contributed by atoms with Crippen molar-refractivity contribution < 1.29 is 14.3 Å². The number of hydrogen-bond donors (Lipinski definition) is 2. The van der Waals surface area contributed by atoms with Crippen LogP contribution in [0.4, 0.5) is 0 Å². The number of carbonyl (C=O) groups excluding carboxylic acids is 1. The van der Waals surface area contributed by atoms with E-state index >= 15 is 0 Å². The first-order valence-corrected chi connectivity index (χ1v) is 8.92.